The van der Waals surface area contributed by atoms with Gasteiger partial charge in [-0.3, -0.25) is 0 Å². The normalized spacial score (nSPS) is 20.5. The summed E-state index contributed by atoms with van der Waals surface area (Å²) in [6.07, 6.45) is 7.51. The van der Waals surface area contributed by atoms with E-state index in [2.05, 4.69) is 15.7 Å². The quantitative estimate of drug-likeness (QED) is 0.787. The molecule has 0 radical (unpaired) electrons. The molecule has 6 nitrogen and oxygen atoms in total. The van der Waals surface area contributed by atoms with Gasteiger partial charge in [-0.2, -0.15) is 5.10 Å². The zero-order valence-electron chi connectivity index (χ0n) is 13.7. The van der Waals surface area contributed by atoms with Gasteiger partial charge in [-0.1, -0.05) is 18.2 Å². The van der Waals surface area contributed by atoms with Crippen molar-refractivity contribution in [3.05, 3.63) is 48.3 Å². The number of urea groups is 1. The highest BCUT2D eigenvalue weighted by Crippen LogP contribution is 2.23. The van der Waals surface area contributed by atoms with Gasteiger partial charge in [0.25, 0.3) is 0 Å². The summed E-state index contributed by atoms with van der Waals surface area (Å²) in [5.41, 5.74) is 1.95. The Kier molecular flexibility index (Phi) is 5.48. The van der Waals surface area contributed by atoms with E-state index >= 15 is 0 Å². The monoisotopic (exact) mass is 328 g/mol. The lowest BCUT2D eigenvalue weighted by Crippen LogP contribution is -2.43. The van der Waals surface area contributed by atoms with Crippen LogP contribution in [-0.4, -0.2) is 33.6 Å². The molecule has 128 valence electrons. The number of carbonyl (C=O) groups is 1. The maximum atomic E-state index is 12.0. The van der Waals surface area contributed by atoms with Gasteiger partial charge >= 0.3 is 6.03 Å². The second kappa shape index (κ2) is 7.97. The van der Waals surface area contributed by atoms with Crippen LogP contribution in [0.3, 0.4) is 0 Å². The Bertz CT molecular complexity index is 648. The van der Waals surface area contributed by atoms with Crippen LogP contribution in [0, 0.1) is 5.92 Å². The molecule has 2 amide bonds. The van der Waals surface area contributed by atoms with Crippen LogP contribution in [0.2, 0.25) is 0 Å². The number of aliphatic hydroxyl groups excluding tert-OH is 1. The maximum Gasteiger partial charge on any atom is 0.315 e. The lowest BCUT2D eigenvalue weighted by Gasteiger charge is -2.27. The molecule has 0 saturated heterocycles. The van der Waals surface area contributed by atoms with Crippen LogP contribution < -0.4 is 10.6 Å². The fraction of sp³-hybridized carbons (Fsp3) is 0.444. The molecule has 1 fully saturated rings. The molecule has 0 aliphatic heterocycles. The lowest BCUT2D eigenvalue weighted by molar-refractivity contribution is 0.174. The summed E-state index contributed by atoms with van der Waals surface area (Å²) in [6, 6.07) is 9.93. The Morgan fingerprint density at radius 1 is 1.21 bits per heavy atom. The average Bonchev–Trinajstić information content (AvgIpc) is 3.10. The molecule has 24 heavy (non-hydrogen) atoms. The second-order valence-corrected chi connectivity index (χ2v) is 6.36. The molecule has 3 rings (SSSR count). The zero-order valence-corrected chi connectivity index (χ0v) is 13.7. The SMILES string of the molecule is O=C(NCc1cnn(-c2ccccc2)c1)NC1CCC(CO)CC1. The number of hydrogen-bond acceptors (Lipinski definition) is 3. The molecule has 6 heteroatoms. The van der Waals surface area contributed by atoms with E-state index in [9.17, 15) is 4.79 Å². The summed E-state index contributed by atoms with van der Waals surface area (Å²) >= 11 is 0. The van der Waals surface area contributed by atoms with E-state index in [1.165, 1.54) is 0 Å². The average molecular weight is 328 g/mol. The summed E-state index contributed by atoms with van der Waals surface area (Å²) in [6.45, 7) is 0.703. The van der Waals surface area contributed by atoms with Gasteiger partial charge in [0.2, 0.25) is 0 Å². The first kappa shape index (κ1) is 16.5. The Balaban J connectivity index is 1.44. The number of hydrogen-bond donors (Lipinski definition) is 3. The van der Waals surface area contributed by atoms with Gasteiger partial charge in [0.15, 0.2) is 0 Å². The minimum absolute atomic E-state index is 0.144. The molecule has 1 aromatic heterocycles. The van der Waals surface area contributed by atoms with E-state index < -0.39 is 0 Å². The molecule has 0 bridgehead atoms. The molecule has 1 heterocycles. The highest BCUT2D eigenvalue weighted by Gasteiger charge is 2.21. The molecule has 0 atom stereocenters. The largest absolute Gasteiger partial charge is 0.396 e. The number of amides is 2. The second-order valence-electron chi connectivity index (χ2n) is 6.36. The minimum atomic E-state index is -0.144. The molecular weight excluding hydrogens is 304 g/mol. The topological polar surface area (TPSA) is 79.2 Å². The van der Waals surface area contributed by atoms with Crippen LogP contribution in [0.4, 0.5) is 4.79 Å². The van der Waals surface area contributed by atoms with Crippen LogP contribution >= 0.6 is 0 Å². The smallest absolute Gasteiger partial charge is 0.315 e. The van der Waals surface area contributed by atoms with Crippen LogP contribution in [-0.2, 0) is 6.54 Å². The van der Waals surface area contributed by atoms with Crippen molar-refractivity contribution in [2.24, 2.45) is 5.92 Å². The van der Waals surface area contributed by atoms with Gasteiger partial charge in [-0.05, 0) is 43.7 Å². The molecule has 1 saturated carbocycles. The van der Waals surface area contributed by atoms with Crippen LogP contribution in [0.5, 0.6) is 0 Å². The summed E-state index contributed by atoms with van der Waals surface area (Å²) in [7, 11) is 0. The van der Waals surface area contributed by atoms with Crippen molar-refractivity contribution in [3.8, 4) is 5.69 Å². The van der Waals surface area contributed by atoms with Gasteiger partial charge in [0, 0.05) is 31.0 Å². The Morgan fingerprint density at radius 3 is 2.67 bits per heavy atom. The Labute approximate surface area is 141 Å². The van der Waals surface area contributed by atoms with Gasteiger partial charge in [-0.25, -0.2) is 9.48 Å². The third-order valence-electron chi connectivity index (χ3n) is 4.55. The van der Waals surface area contributed by atoms with E-state index in [-0.39, 0.29) is 18.7 Å². The van der Waals surface area contributed by atoms with Crippen molar-refractivity contribution in [2.45, 2.75) is 38.3 Å². The number of nitrogens with zero attached hydrogens (tertiary/aromatic N) is 2. The predicted octanol–water partition coefficient (Wildman–Crippen LogP) is 2.22. The standard InChI is InChI=1S/C18H24N4O2/c23-13-14-6-8-16(9-7-14)21-18(24)19-10-15-11-20-22(12-15)17-4-2-1-3-5-17/h1-5,11-12,14,16,23H,6-10,13H2,(H2,19,21,24). The van der Waals surface area contributed by atoms with Crippen molar-refractivity contribution >= 4 is 6.03 Å². The van der Waals surface area contributed by atoms with Gasteiger partial charge in [-0.15, -0.1) is 0 Å². The molecule has 3 N–H and O–H groups in total. The third-order valence-corrected chi connectivity index (χ3v) is 4.55. The number of para-hydroxylation sites is 1. The fourth-order valence-electron chi connectivity index (χ4n) is 3.08. The summed E-state index contributed by atoms with van der Waals surface area (Å²) in [5.74, 6) is 0.398. The van der Waals surface area contributed by atoms with Crippen LogP contribution in [0.1, 0.15) is 31.2 Å². The van der Waals surface area contributed by atoms with E-state index in [4.69, 9.17) is 5.11 Å². The van der Waals surface area contributed by atoms with Crippen LogP contribution in [0.15, 0.2) is 42.7 Å². The van der Waals surface area contributed by atoms with Crippen molar-refractivity contribution in [1.29, 1.82) is 0 Å². The Morgan fingerprint density at radius 2 is 1.96 bits per heavy atom. The van der Waals surface area contributed by atoms with Crippen LogP contribution in [0.25, 0.3) is 5.69 Å². The molecule has 0 unspecified atom stereocenters. The third kappa shape index (κ3) is 4.35. The number of aliphatic hydroxyl groups is 1. The first-order valence-electron chi connectivity index (χ1n) is 8.49. The van der Waals surface area contributed by atoms with E-state index in [0.29, 0.717) is 12.5 Å². The van der Waals surface area contributed by atoms with E-state index in [1.54, 1.807) is 10.9 Å². The molecule has 1 aromatic carbocycles. The molecule has 1 aliphatic rings. The van der Waals surface area contributed by atoms with E-state index in [0.717, 1.165) is 36.9 Å². The summed E-state index contributed by atoms with van der Waals surface area (Å²) in [4.78, 5) is 12.0. The number of carbonyl (C=O) groups excluding carboxylic acids is 1. The van der Waals surface area contributed by atoms with E-state index in [1.807, 2.05) is 36.5 Å². The molecular formula is C18H24N4O2. The number of rotatable bonds is 5. The van der Waals surface area contributed by atoms with Crippen molar-refractivity contribution in [1.82, 2.24) is 20.4 Å². The summed E-state index contributed by atoms with van der Waals surface area (Å²) < 4.78 is 1.80. The predicted molar refractivity (Wildman–Crippen MR) is 91.8 cm³/mol. The maximum absolute atomic E-state index is 12.0. The number of aromatic nitrogens is 2. The molecule has 1 aliphatic carbocycles. The first-order valence-corrected chi connectivity index (χ1v) is 8.49. The highest BCUT2D eigenvalue weighted by atomic mass is 16.3. The number of nitrogens with one attached hydrogen (secondary N) is 2. The minimum Gasteiger partial charge on any atom is -0.396 e. The zero-order chi connectivity index (χ0) is 16.8. The van der Waals surface area contributed by atoms with Gasteiger partial charge < -0.3 is 15.7 Å². The fourth-order valence-corrected chi connectivity index (χ4v) is 3.08. The van der Waals surface area contributed by atoms with Crippen molar-refractivity contribution < 1.29 is 9.90 Å². The van der Waals surface area contributed by atoms with Gasteiger partial charge in [0.05, 0.1) is 11.9 Å². The van der Waals surface area contributed by atoms with Crippen molar-refractivity contribution in [3.63, 3.8) is 0 Å². The molecule has 2 aromatic rings. The first-order chi connectivity index (χ1) is 11.7. The number of benzene rings is 1. The molecule has 0 spiro atoms. The highest BCUT2D eigenvalue weighted by molar-refractivity contribution is 5.74. The summed E-state index contributed by atoms with van der Waals surface area (Å²) in [5, 5.41) is 19.4. The van der Waals surface area contributed by atoms with Gasteiger partial charge in [0.1, 0.15) is 0 Å². The Hall–Kier alpha value is -2.34. The lowest BCUT2D eigenvalue weighted by atomic mass is 9.87. The van der Waals surface area contributed by atoms with Crippen molar-refractivity contribution in [2.75, 3.05) is 6.61 Å².